The number of nitrogens with one attached hydrogen (secondary N) is 2. The van der Waals surface area contributed by atoms with Crippen molar-refractivity contribution in [1.29, 1.82) is 0 Å². The lowest BCUT2D eigenvalue weighted by Gasteiger charge is -2.19. The maximum atomic E-state index is 12.3. The number of nitrogens with zero attached hydrogens (tertiary/aromatic N) is 2. The fraction of sp³-hybridized carbons (Fsp3) is 0.471. The van der Waals surface area contributed by atoms with Crippen molar-refractivity contribution in [2.45, 2.75) is 50.2 Å². The van der Waals surface area contributed by atoms with Gasteiger partial charge in [0.25, 0.3) is 0 Å². The summed E-state index contributed by atoms with van der Waals surface area (Å²) in [5, 5.41) is 10.8. The van der Waals surface area contributed by atoms with E-state index in [2.05, 4.69) is 44.8 Å². The molecular weight excluding hydrogens is 308 g/mol. The average molecular weight is 330 g/mol. The molecule has 0 fully saturated rings. The Labute approximate surface area is 140 Å². The molecule has 0 saturated carbocycles. The van der Waals surface area contributed by atoms with Gasteiger partial charge in [0.05, 0.1) is 6.04 Å². The molecular formula is C17H22N4OS. The van der Waals surface area contributed by atoms with Crippen molar-refractivity contribution in [2.24, 2.45) is 0 Å². The number of aromatic amines is 1. The minimum atomic E-state index is 0.103. The van der Waals surface area contributed by atoms with Crippen molar-refractivity contribution in [1.82, 2.24) is 20.5 Å². The zero-order valence-corrected chi connectivity index (χ0v) is 14.2. The molecule has 6 heteroatoms. The Kier molecular flexibility index (Phi) is 5.33. The third-order valence-corrected chi connectivity index (χ3v) is 4.94. The quantitative estimate of drug-likeness (QED) is 0.652. The van der Waals surface area contributed by atoms with E-state index in [1.165, 1.54) is 29.3 Å². The van der Waals surface area contributed by atoms with Crippen LogP contribution in [0.3, 0.4) is 0 Å². The number of aromatic nitrogens is 3. The predicted octanol–water partition coefficient (Wildman–Crippen LogP) is 3.18. The van der Waals surface area contributed by atoms with Crippen LogP contribution in [0.25, 0.3) is 0 Å². The van der Waals surface area contributed by atoms with Gasteiger partial charge < -0.3 is 5.32 Å². The first kappa shape index (κ1) is 16.1. The number of aryl methyl sites for hydroxylation is 2. The number of rotatable bonds is 5. The van der Waals surface area contributed by atoms with Crippen molar-refractivity contribution in [3.63, 3.8) is 0 Å². The van der Waals surface area contributed by atoms with Crippen LogP contribution in [0.2, 0.25) is 0 Å². The van der Waals surface area contributed by atoms with Crippen LogP contribution in [0.1, 0.15) is 48.7 Å². The summed E-state index contributed by atoms with van der Waals surface area (Å²) in [6.07, 6.45) is 4.98. The van der Waals surface area contributed by atoms with Crippen molar-refractivity contribution in [3.8, 4) is 0 Å². The Hall–Kier alpha value is -1.82. The molecule has 0 bridgehead atoms. The Balaban J connectivity index is 1.53. The second-order valence-electron chi connectivity index (χ2n) is 5.87. The Morgan fingerprint density at radius 1 is 1.39 bits per heavy atom. The van der Waals surface area contributed by atoms with E-state index in [0.29, 0.717) is 17.3 Å². The zero-order chi connectivity index (χ0) is 16.1. The summed E-state index contributed by atoms with van der Waals surface area (Å²) in [6.45, 7) is 1.87. The van der Waals surface area contributed by atoms with Gasteiger partial charge in [-0.05, 0) is 37.3 Å². The van der Waals surface area contributed by atoms with Crippen LogP contribution < -0.4 is 5.32 Å². The van der Waals surface area contributed by atoms with E-state index >= 15 is 0 Å². The summed E-state index contributed by atoms with van der Waals surface area (Å²) in [5.41, 5.74) is 2.66. The molecule has 0 unspecified atom stereocenters. The van der Waals surface area contributed by atoms with Crippen molar-refractivity contribution < 1.29 is 4.79 Å². The number of carbonyl (C=O) groups excluding carboxylic acids is 1. The average Bonchev–Trinajstić information content (AvgIpc) is 2.85. The first-order chi connectivity index (χ1) is 11.2. The molecule has 3 rings (SSSR count). The first-order valence-corrected chi connectivity index (χ1v) is 9.10. The molecule has 0 saturated heterocycles. The molecule has 1 amide bonds. The van der Waals surface area contributed by atoms with E-state index in [-0.39, 0.29) is 11.9 Å². The lowest BCUT2D eigenvalue weighted by atomic mass is 9.99. The Bertz CT molecular complexity index is 670. The van der Waals surface area contributed by atoms with Crippen LogP contribution in [-0.2, 0) is 11.2 Å². The molecule has 1 aliphatic rings. The van der Waals surface area contributed by atoms with Gasteiger partial charge in [-0.25, -0.2) is 4.98 Å². The van der Waals surface area contributed by atoms with Gasteiger partial charge in [-0.1, -0.05) is 42.4 Å². The highest BCUT2D eigenvalue weighted by Gasteiger charge is 2.19. The van der Waals surface area contributed by atoms with Gasteiger partial charge in [-0.2, -0.15) is 0 Å². The molecule has 1 aromatic carbocycles. The SMILES string of the molecule is Cc1nc(SCCC(=O)N[C@H]2CCCCc3ccccc32)n[nH]1. The Morgan fingerprint density at radius 3 is 3.09 bits per heavy atom. The number of hydrogen-bond donors (Lipinski definition) is 2. The van der Waals surface area contributed by atoms with Gasteiger partial charge in [-0.3, -0.25) is 9.89 Å². The molecule has 2 aromatic rings. The molecule has 23 heavy (non-hydrogen) atoms. The van der Waals surface area contributed by atoms with Crippen LogP contribution in [0.15, 0.2) is 29.4 Å². The highest BCUT2D eigenvalue weighted by Crippen LogP contribution is 2.28. The van der Waals surface area contributed by atoms with E-state index in [1.807, 2.05) is 6.92 Å². The summed E-state index contributed by atoms with van der Waals surface area (Å²) >= 11 is 1.51. The second kappa shape index (κ2) is 7.64. The lowest BCUT2D eigenvalue weighted by Crippen LogP contribution is -2.28. The van der Waals surface area contributed by atoms with Crippen LogP contribution >= 0.6 is 11.8 Å². The third-order valence-electron chi connectivity index (χ3n) is 4.09. The van der Waals surface area contributed by atoms with E-state index < -0.39 is 0 Å². The molecule has 0 radical (unpaired) electrons. The molecule has 2 N–H and O–H groups in total. The van der Waals surface area contributed by atoms with Crippen LogP contribution in [0, 0.1) is 6.92 Å². The maximum absolute atomic E-state index is 12.3. The van der Waals surface area contributed by atoms with E-state index in [1.54, 1.807) is 0 Å². The molecule has 0 aliphatic heterocycles. The first-order valence-electron chi connectivity index (χ1n) is 8.11. The van der Waals surface area contributed by atoms with Crippen LogP contribution in [-0.4, -0.2) is 26.8 Å². The molecule has 1 aromatic heterocycles. The van der Waals surface area contributed by atoms with Gasteiger partial charge in [0.2, 0.25) is 11.1 Å². The second-order valence-corrected chi connectivity index (χ2v) is 6.93. The highest BCUT2D eigenvalue weighted by molar-refractivity contribution is 7.99. The fourth-order valence-electron chi connectivity index (χ4n) is 2.96. The summed E-state index contributed by atoms with van der Waals surface area (Å²) < 4.78 is 0. The van der Waals surface area contributed by atoms with E-state index in [0.717, 1.165) is 25.1 Å². The number of benzene rings is 1. The molecule has 1 aliphatic carbocycles. The van der Waals surface area contributed by atoms with E-state index in [4.69, 9.17) is 0 Å². The topological polar surface area (TPSA) is 70.7 Å². The van der Waals surface area contributed by atoms with Gasteiger partial charge >= 0.3 is 0 Å². The Morgan fingerprint density at radius 2 is 2.26 bits per heavy atom. The summed E-state index contributed by atoms with van der Waals surface area (Å²) in [5.74, 6) is 1.59. The lowest BCUT2D eigenvalue weighted by molar-refractivity contribution is -0.121. The molecule has 1 atom stereocenters. The molecule has 122 valence electrons. The number of fused-ring (bicyclic) bond motifs is 1. The summed E-state index contributed by atoms with van der Waals surface area (Å²) in [6, 6.07) is 8.62. The molecule has 1 heterocycles. The number of H-pyrrole nitrogens is 1. The molecule has 5 nitrogen and oxygen atoms in total. The normalized spacial score (nSPS) is 17.3. The number of carbonyl (C=O) groups is 1. The largest absolute Gasteiger partial charge is 0.349 e. The minimum Gasteiger partial charge on any atom is -0.349 e. The van der Waals surface area contributed by atoms with Crippen molar-refractivity contribution in [2.75, 3.05) is 5.75 Å². The summed E-state index contributed by atoms with van der Waals surface area (Å²) in [7, 11) is 0. The van der Waals surface area contributed by atoms with Gasteiger partial charge in [0.1, 0.15) is 5.82 Å². The maximum Gasteiger partial charge on any atom is 0.221 e. The van der Waals surface area contributed by atoms with Crippen molar-refractivity contribution in [3.05, 3.63) is 41.2 Å². The highest BCUT2D eigenvalue weighted by atomic mass is 32.2. The van der Waals surface area contributed by atoms with Crippen molar-refractivity contribution >= 4 is 17.7 Å². The number of amides is 1. The van der Waals surface area contributed by atoms with Gasteiger partial charge in [-0.15, -0.1) is 5.10 Å². The van der Waals surface area contributed by atoms with Crippen LogP contribution in [0.4, 0.5) is 0 Å². The monoisotopic (exact) mass is 330 g/mol. The van der Waals surface area contributed by atoms with E-state index in [9.17, 15) is 4.79 Å². The minimum absolute atomic E-state index is 0.103. The smallest absolute Gasteiger partial charge is 0.221 e. The standard InChI is InChI=1S/C17H22N4OS/c1-12-18-17(21-20-12)23-11-10-16(22)19-15-9-5-3-7-13-6-2-4-8-14(13)15/h2,4,6,8,15H,3,5,7,9-11H2,1H3,(H,19,22)(H,18,20,21)/t15-/m0/s1. The fourth-order valence-corrected chi connectivity index (χ4v) is 3.74. The van der Waals surface area contributed by atoms with Crippen LogP contribution in [0.5, 0.6) is 0 Å². The van der Waals surface area contributed by atoms with Gasteiger partial charge in [0.15, 0.2) is 0 Å². The number of thioether (sulfide) groups is 1. The molecule has 0 spiro atoms. The number of hydrogen-bond acceptors (Lipinski definition) is 4. The predicted molar refractivity (Wildman–Crippen MR) is 91.3 cm³/mol. The third kappa shape index (κ3) is 4.34. The zero-order valence-electron chi connectivity index (χ0n) is 13.3. The van der Waals surface area contributed by atoms with Gasteiger partial charge in [0, 0.05) is 12.2 Å². The summed E-state index contributed by atoms with van der Waals surface area (Å²) in [4.78, 5) is 16.5.